The highest BCUT2D eigenvalue weighted by molar-refractivity contribution is 5.96. The Morgan fingerprint density at radius 2 is 1.96 bits per heavy atom. The van der Waals surface area contributed by atoms with E-state index in [-0.39, 0.29) is 17.9 Å². The van der Waals surface area contributed by atoms with Crippen molar-refractivity contribution in [2.45, 2.75) is 54.1 Å². The molecule has 5 heteroatoms. The van der Waals surface area contributed by atoms with Gasteiger partial charge in [0.1, 0.15) is 0 Å². The number of nitrogens with one attached hydrogen (secondary N) is 1. The molecule has 2 rings (SSSR count). The van der Waals surface area contributed by atoms with Gasteiger partial charge in [0.2, 0.25) is 5.91 Å². The Balaban J connectivity index is 2.22. The van der Waals surface area contributed by atoms with E-state index < -0.39 is 0 Å². The number of likely N-dealkylation sites (tertiary alicyclic amines) is 1. The summed E-state index contributed by atoms with van der Waals surface area (Å²) in [6, 6.07) is 2.03. The largest absolute Gasteiger partial charge is 0.351 e. The lowest BCUT2D eigenvalue weighted by atomic mass is 9.91. The molecule has 2 amide bonds. The Hall–Kier alpha value is -1.78. The molecule has 128 valence electrons. The molecule has 0 spiro atoms. The Morgan fingerprint density at radius 1 is 1.30 bits per heavy atom. The van der Waals surface area contributed by atoms with Crippen LogP contribution in [0.5, 0.6) is 0 Å². The number of amides is 2. The summed E-state index contributed by atoms with van der Waals surface area (Å²) in [5.74, 6) is 0.778. The molecule has 1 aliphatic rings. The Morgan fingerprint density at radius 3 is 2.43 bits per heavy atom. The third-order valence-electron chi connectivity index (χ3n) is 5.02. The lowest BCUT2D eigenvalue weighted by Gasteiger charge is -2.21. The van der Waals surface area contributed by atoms with E-state index in [1.165, 1.54) is 6.92 Å². The number of hydrogen-bond acceptors (Lipinski definition) is 2. The first-order valence-electron chi connectivity index (χ1n) is 8.49. The SMILES string of the molecule is CCn1c(C)cc(C(=O)N2CC(NC(C)=O)C(C(C)C)C2)c1C. The van der Waals surface area contributed by atoms with Crippen LogP contribution in [-0.4, -0.2) is 40.4 Å². The number of nitrogens with zero attached hydrogens (tertiary/aromatic N) is 2. The average molecular weight is 319 g/mol. The van der Waals surface area contributed by atoms with Gasteiger partial charge in [-0.1, -0.05) is 13.8 Å². The van der Waals surface area contributed by atoms with Crippen LogP contribution in [0.3, 0.4) is 0 Å². The van der Waals surface area contributed by atoms with Crippen LogP contribution < -0.4 is 5.32 Å². The smallest absolute Gasteiger partial charge is 0.255 e. The van der Waals surface area contributed by atoms with Crippen LogP contribution >= 0.6 is 0 Å². The van der Waals surface area contributed by atoms with Crippen molar-refractivity contribution >= 4 is 11.8 Å². The minimum Gasteiger partial charge on any atom is -0.351 e. The van der Waals surface area contributed by atoms with Crippen LogP contribution in [0.15, 0.2) is 6.07 Å². The highest BCUT2D eigenvalue weighted by atomic mass is 16.2. The van der Waals surface area contributed by atoms with Gasteiger partial charge in [-0.25, -0.2) is 0 Å². The molecule has 2 heterocycles. The van der Waals surface area contributed by atoms with Crippen molar-refractivity contribution in [2.75, 3.05) is 13.1 Å². The lowest BCUT2D eigenvalue weighted by Crippen LogP contribution is -2.41. The van der Waals surface area contributed by atoms with E-state index in [1.54, 1.807) is 0 Å². The number of hydrogen-bond donors (Lipinski definition) is 1. The first-order valence-corrected chi connectivity index (χ1v) is 8.49. The monoisotopic (exact) mass is 319 g/mol. The van der Waals surface area contributed by atoms with Crippen molar-refractivity contribution in [3.05, 3.63) is 23.0 Å². The van der Waals surface area contributed by atoms with Crippen molar-refractivity contribution in [1.82, 2.24) is 14.8 Å². The van der Waals surface area contributed by atoms with E-state index in [1.807, 2.05) is 24.8 Å². The lowest BCUT2D eigenvalue weighted by molar-refractivity contribution is -0.119. The summed E-state index contributed by atoms with van der Waals surface area (Å²) in [5.41, 5.74) is 2.93. The second-order valence-corrected chi connectivity index (χ2v) is 6.95. The maximum absolute atomic E-state index is 12.9. The summed E-state index contributed by atoms with van der Waals surface area (Å²) in [6.45, 7) is 14.1. The molecule has 0 aliphatic carbocycles. The van der Waals surface area contributed by atoms with Crippen LogP contribution in [0.2, 0.25) is 0 Å². The van der Waals surface area contributed by atoms with E-state index in [4.69, 9.17) is 0 Å². The highest BCUT2D eigenvalue weighted by Crippen LogP contribution is 2.27. The molecule has 5 nitrogen and oxygen atoms in total. The molecule has 1 aliphatic heterocycles. The Kier molecular flexibility index (Phi) is 5.17. The van der Waals surface area contributed by atoms with Gasteiger partial charge in [-0.2, -0.15) is 0 Å². The summed E-state index contributed by atoms with van der Waals surface area (Å²) in [4.78, 5) is 26.3. The van der Waals surface area contributed by atoms with Crippen molar-refractivity contribution < 1.29 is 9.59 Å². The van der Waals surface area contributed by atoms with Gasteiger partial charge >= 0.3 is 0 Å². The van der Waals surface area contributed by atoms with Gasteiger partial charge in [0.05, 0.1) is 11.6 Å². The minimum absolute atomic E-state index is 0.0286. The zero-order chi connectivity index (χ0) is 17.3. The molecular formula is C18H29N3O2. The summed E-state index contributed by atoms with van der Waals surface area (Å²) in [5, 5.41) is 3.01. The molecular weight excluding hydrogens is 290 g/mol. The molecule has 0 saturated carbocycles. The van der Waals surface area contributed by atoms with E-state index in [2.05, 4.69) is 30.7 Å². The van der Waals surface area contributed by atoms with Crippen LogP contribution in [0.1, 0.15) is 49.4 Å². The summed E-state index contributed by atoms with van der Waals surface area (Å²) in [7, 11) is 0. The van der Waals surface area contributed by atoms with Gasteiger partial charge in [0.15, 0.2) is 0 Å². The quantitative estimate of drug-likeness (QED) is 0.926. The fourth-order valence-corrected chi connectivity index (χ4v) is 3.76. The second kappa shape index (κ2) is 6.77. The molecule has 2 atom stereocenters. The van der Waals surface area contributed by atoms with Gasteiger partial charge in [0, 0.05) is 43.9 Å². The number of carbonyl (C=O) groups is 2. The van der Waals surface area contributed by atoms with E-state index >= 15 is 0 Å². The molecule has 1 aromatic heterocycles. The van der Waals surface area contributed by atoms with Crippen molar-refractivity contribution in [3.63, 3.8) is 0 Å². The zero-order valence-electron chi connectivity index (χ0n) is 15.1. The summed E-state index contributed by atoms with van der Waals surface area (Å²) >= 11 is 0. The number of aromatic nitrogens is 1. The topological polar surface area (TPSA) is 54.3 Å². The minimum atomic E-state index is -0.0286. The first kappa shape index (κ1) is 17.6. The molecule has 0 bridgehead atoms. The molecule has 1 N–H and O–H groups in total. The molecule has 1 fully saturated rings. The van der Waals surface area contributed by atoms with Gasteiger partial charge in [-0.15, -0.1) is 0 Å². The summed E-state index contributed by atoms with van der Waals surface area (Å²) < 4.78 is 2.16. The third-order valence-corrected chi connectivity index (χ3v) is 5.02. The average Bonchev–Trinajstić information content (AvgIpc) is 2.99. The van der Waals surface area contributed by atoms with Crippen LogP contribution in [0.25, 0.3) is 0 Å². The second-order valence-electron chi connectivity index (χ2n) is 6.95. The van der Waals surface area contributed by atoms with Gasteiger partial charge in [0.25, 0.3) is 5.91 Å². The number of rotatable bonds is 4. The van der Waals surface area contributed by atoms with Crippen LogP contribution in [-0.2, 0) is 11.3 Å². The maximum atomic E-state index is 12.9. The molecule has 23 heavy (non-hydrogen) atoms. The Bertz CT molecular complexity index is 604. The normalized spacial score (nSPS) is 21.1. The molecule has 1 aromatic rings. The maximum Gasteiger partial charge on any atom is 0.255 e. The van der Waals surface area contributed by atoms with Crippen molar-refractivity contribution in [3.8, 4) is 0 Å². The van der Waals surface area contributed by atoms with Crippen molar-refractivity contribution in [2.24, 2.45) is 11.8 Å². The standard InChI is InChI=1S/C18H29N3O2/c1-7-21-12(4)8-15(13(21)5)18(23)20-9-16(11(2)3)17(10-20)19-14(6)22/h8,11,16-17H,7,9-10H2,1-6H3,(H,19,22). The fraction of sp³-hybridized carbons (Fsp3) is 0.667. The van der Waals surface area contributed by atoms with Gasteiger partial charge in [-0.3, -0.25) is 9.59 Å². The first-order chi connectivity index (χ1) is 10.8. The van der Waals surface area contributed by atoms with Crippen LogP contribution in [0.4, 0.5) is 0 Å². The molecule has 1 saturated heterocycles. The molecule has 2 unspecified atom stereocenters. The predicted octanol–water partition coefficient (Wildman–Crippen LogP) is 2.36. The third kappa shape index (κ3) is 3.43. The van der Waals surface area contributed by atoms with E-state index in [9.17, 15) is 9.59 Å². The number of aryl methyl sites for hydroxylation is 1. The van der Waals surface area contributed by atoms with Crippen LogP contribution in [0, 0.1) is 25.7 Å². The van der Waals surface area contributed by atoms with Crippen molar-refractivity contribution in [1.29, 1.82) is 0 Å². The van der Waals surface area contributed by atoms with E-state index in [0.29, 0.717) is 24.9 Å². The Labute approximate surface area is 139 Å². The number of carbonyl (C=O) groups excluding carboxylic acids is 2. The highest BCUT2D eigenvalue weighted by Gasteiger charge is 2.38. The van der Waals surface area contributed by atoms with Gasteiger partial charge < -0.3 is 14.8 Å². The molecule has 0 radical (unpaired) electrons. The fourth-order valence-electron chi connectivity index (χ4n) is 3.76. The van der Waals surface area contributed by atoms with Gasteiger partial charge in [-0.05, 0) is 32.8 Å². The molecule has 0 aromatic carbocycles. The van der Waals surface area contributed by atoms with E-state index in [0.717, 1.165) is 23.5 Å². The zero-order valence-corrected chi connectivity index (χ0v) is 15.1. The predicted molar refractivity (Wildman–Crippen MR) is 91.4 cm³/mol. The summed E-state index contributed by atoms with van der Waals surface area (Å²) in [6.07, 6.45) is 0.